The average Bonchev–Trinajstić information content (AvgIpc) is 2.74. The Morgan fingerprint density at radius 1 is 1.07 bits per heavy atom. The Kier molecular flexibility index (Phi) is 7.13. The fourth-order valence-corrected chi connectivity index (χ4v) is 2.86. The van der Waals surface area contributed by atoms with E-state index in [-0.39, 0.29) is 5.91 Å². The number of hydrogen-bond acceptors (Lipinski definition) is 4. The van der Waals surface area contributed by atoms with Crippen molar-refractivity contribution in [3.05, 3.63) is 78.6 Å². The van der Waals surface area contributed by atoms with Crippen molar-refractivity contribution in [1.82, 2.24) is 15.3 Å². The van der Waals surface area contributed by atoms with Crippen molar-refractivity contribution < 1.29 is 9.53 Å². The highest BCUT2D eigenvalue weighted by Gasteiger charge is 2.08. The number of hydrogen-bond donors (Lipinski definition) is 1. The van der Waals surface area contributed by atoms with Gasteiger partial charge in [-0.1, -0.05) is 18.2 Å². The third-order valence-corrected chi connectivity index (χ3v) is 4.36. The summed E-state index contributed by atoms with van der Waals surface area (Å²) in [5.41, 5.74) is 2.85. The Morgan fingerprint density at radius 2 is 2.00 bits per heavy atom. The maximum Gasteiger partial charge on any atom is 0.270 e. The number of unbranched alkanes of at least 4 members (excludes halogenated alkanes) is 3. The second kappa shape index (κ2) is 10.2. The van der Waals surface area contributed by atoms with Gasteiger partial charge in [0, 0.05) is 12.7 Å². The van der Waals surface area contributed by atoms with Gasteiger partial charge in [-0.2, -0.15) is 0 Å². The molecule has 0 radical (unpaired) electrons. The number of nitrogens with one attached hydrogen (secondary N) is 1. The molecule has 144 valence electrons. The van der Waals surface area contributed by atoms with Crippen molar-refractivity contribution in [2.45, 2.75) is 32.2 Å². The Labute approximate surface area is 165 Å². The summed E-state index contributed by atoms with van der Waals surface area (Å²) in [5, 5.41) is 2.91. The van der Waals surface area contributed by atoms with Crippen LogP contribution in [0.25, 0.3) is 11.0 Å². The number of fused-ring (bicyclic) bond motifs is 1. The summed E-state index contributed by atoms with van der Waals surface area (Å²) >= 11 is 0. The standard InChI is InChI=1S/C23H25N3O2/c1-2-3-4-5-6-15-28-19-10-7-9-18(16-19)17-25-23(27)22-13-12-20-21(26-22)11-8-14-24-20/h2,7-14,16H,1,3-6,15,17H2,(H,25,27). The summed E-state index contributed by atoms with van der Waals surface area (Å²) in [6.45, 7) is 4.85. The van der Waals surface area contributed by atoms with Crippen LogP contribution in [0.4, 0.5) is 0 Å². The predicted octanol–water partition coefficient (Wildman–Crippen LogP) is 4.69. The van der Waals surface area contributed by atoms with Crippen LogP contribution in [0, 0.1) is 0 Å². The highest BCUT2D eigenvalue weighted by Crippen LogP contribution is 2.15. The van der Waals surface area contributed by atoms with Crippen LogP contribution < -0.4 is 10.1 Å². The molecule has 0 fully saturated rings. The van der Waals surface area contributed by atoms with E-state index in [4.69, 9.17) is 4.74 Å². The van der Waals surface area contributed by atoms with E-state index in [2.05, 4.69) is 21.9 Å². The quantitative estimate of drug-likeness (QED) is 0.413. The molecular weight excluding hydrogens is 350 g/mol. The minimum atomic E-state index is -0.209. The molecule has 5 nitrogen and oxygen atoms in total. The third-order valence-electron chi connectivity index (χ3n) is 4.36. The van der Waals surface area contributed by atoms with Gasteiger partial charge in [-0.05, 0) is 67.6 Å². The molecule has 0 aliphatic carbocycles. The van der Waals surface area contributed by atoms with Gasteiger partial charge in [-0.3, -0.25) is 9.78 Å². The molecule has 0 unspecified atom stereocenters. The van der Waals surface area contributed by atoms with Gasteiger partial charge in [-0.15, -0.1) is 6.58 Å². The highest BCUT2D eigenvalue weighted by atomic mass is 16.5. The number of carbonyl (C=O) groups is 1. The summed E-state index contributed by atoms with van der Waals surface area (Å²) < 4.78 is 5.81. The van der Waals surface area contributed by atoms with Crippen molar-refractivity contribution in [3.63, 3.8) is 0 Å². The van der Waals surface area contributed by atoms with Gasteiger partial charge in [0.2, 0.25) is 0 Å². The lowest BCUT2D eigenvalue weighted by Gasteiger charge is -2.09. The number of rotatable bonds is 10. The van der Waals surface area contributed by atoms with E-state index in [0.29, 0.717) is 24.4 Å². The number of nitrogens with zero attached hydrogens (tertiary/aromatic N) is 2. The molecule has 0 saturated heterocycles. The van der Waals surface area contributed by atoms with E-state index in [1.165, 1.54) is 0 Å². The Bertz CT molecular complexity index is 940. The number of amides is 1. The molecule has 3 aromatic rings. The summed E-state index contributed by atoms with van der Waals surface area (Å²) in [6, 6.07) is 15.0. The molecule has 0 saturated carbocycles. The second-order valence-corrected chi connectivity index (χ2v) is 6.55. The first kappa shape index (κ1) is 19.5. The average molecular weight is 375 g/mol. The molecule has 28 heavy (non-hydrogen) atoms. The second-order valence-electron chi connectivity index (χ2n) is 6.55. The smallest absolute Gasteiger partial charge is 0.270 e. The van der Waals surface area contributed by atoms with Crippen molar-refractivity contribution in [1.29, 1.82) is 0 Å². The summed E-state index contributed by atoms with van der Waals surface area (Å²) in [6.07, 6.45) is 8.02. The molecule has 5 heteroatoms. The summed E-state index contributed by atoms with van der Waals surface area (Å²) in [4.78, 5) is 21.0. The zero-order valence-corrected chi connectivity index (χ0v) is 15.9. The molecule has 0 spiro atoms. The first-order valence-corrected chi connectivity index (χ1v) is 9.59. The lowest BCUT2D eigenvalue weighted by atomic mass is 10.2. The fraction of sp³-hybridized carbons (Fsp3) is 0.261. The van der Waals surface area contributed by atoms with Crippen molar-refractivity contribution in [3.8, 4) is 5.75 Å². The number of benzene rings is 1. The van der Waals surface area contributed by atoms with Crippen LogP contribution in [0.3, 0.4) is 0 Å². The van der Waals surface area contributed by atoms with E-state index < -0.39 is 0 Å². The lowest BCUT2D eigenvalue weighted by molar-refractivity contribution is 0.0946. The first-order chi connectivity index (χ1) is 13.8. The number of allylic oxidation sites excluding steroid dienone is 1. The Hall–Kier alpha value is -3.21. The topological polar surface area (TPSA) is 64.1 Å². The molecule has 2 aromatic heterocycles. The lowest BCUT2D eigenvalue weighted by Crippen LogP contribution is -2.23. The molecule has 2 heterocycles. The van der Waals surface area contributed by atoms with Crippen molar-refractivity contribution in [2.75, 3.05) is 6.61 Å². The number of carbonyl (C=O) groups excluding carboxylic acids is 1. The molecule has 1 amide bonds. The van der Waals surface area contributed by atoms with Crippen molar-refractivity contribution in [2.24, 2.45) is 0 Å². The molecule has 0 atom stereocenters. The zero-order chi connectivity index (χ0) is 19.6. The third kappa shape index (κ3) is 5.64. The van der Waals surface area contributed by atoms with E-state index in [9.17, 15) is 4.79 Å². The molecule has 1 N–H and O–H groups in total. The monoisotopic (exact) mass is 375 g/mol. The van der Waals surface area contributed by atoms with E-state index in [0.717, 1.165) is 42.5 Å². The number of pyridine rings is 2. The SMILES string of the molecule is C=CCCCCCOc1cccc(CNC(=O)c2ccc3ncccc3n2)c1. The van der Waals surface area contributed by atoms with Gasteiger partial charge in [0.15, 0.2) is 0 Å². The highest BCUT2D eigenvalue weighted by molar-refractivity contribution is 5.94. The molecule has 0 aliphatic rings. The van der Waals surface area contributed by atoms with Gasteiger partial charge in [0.05, 0.1) is 17.6 Å². The van der Waals surface area contributed by atoms with E-state index in [1.54, 1.807) is 18.3 Å². The molecular formula is C23H25N3O2. The maximum absolute atomic E-state index is 12.4. The number of ether oxygens (including phenoxy) is 1. The van der Waals surface area contributed by atoms with Gasteiger partial charge >= 0.3 is 0 Å². The minimum Gasteiger partial charge on any atom is -0.494 e. The van der Waals surface area contributed by atoms with E-state index in [1.807, 2.05) is 42.5 Å². The maximum atomic E-state index is 12.4. The fourth-order valence-electron chi connectivity index (χ4n) is 2.86. The van der Waals surface area contributed by atoms with Crippen LogP contribution in [0.1, 0.15) is 41.7 Å². The summed E-state index contributed by atoms with van der Waals surface area (Å²) in [5.74, 6) is 0.615. The van der Waals surface area contributed by atoms with Crippen LogP contribution in [-0.2, 0) is 6.54 Å². The Morgan fingerprint density at radius 3 is 2.89 bits per heavy atom. The number of aromatic nitrogens is 2. The first-order valence-electron chi connectivity index (χ1n) is 9.59. The summed E-state index contributed by atoms with van der Waals surface area (Å²) in [7, 11) is 0. The predicted molar refractivity (Wildman–Crippen MR) is 111 cm³/mol. The van der Waals surface area contributed by atoms with Crippen molar-refractivity contribution >= 4 is 16.9 Å². The van der Waals surface area contributed by atoms with Gasteiger partial charge < -0.3 is 10.1 Å². The van der Waals surface area contributed by atoms with Gasteiger partial charge in [0.1, 0.15) is 11.4 Å². The van der Waals surface area contributed by atoms with Crippen LogP contribution in [0.2, 0.25) is 0 Å². The van der Waals surface area contributed by atoms with Crippen LogP contribution >= 0.6 is 0 Å². The largest absolute Gasteiger partial charge is 0.494 e. The van der Waals surface area contributed by atoms with Gasteiger partial charge in [-0.25, -0.2) is 4.98 Å². The molecule has 0 bridgehead atoms. The Balaban J connectivity index is 1.50. The van der Waals surface area contributed by atoms with Gasteiger partial charge in [0.25, 0.3) is 5.91 Å². The zero-order valence-electron chi connectivity index (χ0n) is 15.9. The molecule has 0 aliphatic heterocycles. The minimum absolute atomic E-state index is 0.209. The molecule has 3 rings (SSSR count). The molecule has 1 aromatic carbocycles. The van der Waals surface area contributed by atoms with Crippen LogP contribution in [0.5, 0.6) is 5.75 Å². The van der Waals surface area contributed by atoms with Crippen LogP contribution in [0.15, 0.2) is 67.4 Å². The normalized spacial score (nSPS) is 10.6. The van der Waals surface area contributed by atoms with Crippen LogP contribution in [-0.4, -0.2) is 22.5 Å². The van der Waals surface area contributed by atoms with E-state index >= 15 is 0 Å².